The number of aliphatic hydroxyl groups is 2. The topological polar surface area (TPSA) is 76.0 Å². The number of ether oxygens (including phenoxy) is 1. The maximum atomic E-state index is 12.3. The van der Waals surface area contributed by atoms with E-state index >= 15 is 0 Å². The Morgan fingerprint density at radius 2 is 1.76 bits per heavy atom. The number of allylic oxidation sites excluding steroid dienone is 2. The van der Waals surface area contributed by atoms with Gasteiger partial charge in [-0.1, -0.05) is 32.9 Å². The summed E-state index contributed by atoms with van der Waals surface area (Å²) in [6.45, 7) is 10.9. The van der Waals surface area contributed by atoms with Crippen LogP contribution in [-0.2, 0) is 14.0 Å². The lowest BCUT2D eigenvalue weighted by Crippen LogP contribution is -2.64. The van der Waals surface area contributed by atoms with Gasteiger partial charge in [0.1, 0.15) is 0 Å². The van der Waals surface area contributed by atoms with Crippen molar-refractivity contribution >= 4 is 14.3 Å². The number of esters is 1. The zero-order valence-corrected chi connectivity index (χ0v) is 17.2. The molecule has 0 spiro atoms. The van der Waals surface area contributed by atoms with Crippen LogP contribution < -0.4 is 0 Å². The molecule has 0 unspecified atom stereocenters. The Hall–Kier alpha value is -0.693. The first-order chi connectivity index (χ1) is 11.4. The Kier molecular flexibility index (Phi) is 4.51. The first kappa shape index (κ1) is 19.1. The molecule has 2 saturated carbocycles. The van der Waals surface area contributed by atoms with Crippen molar-refractivity contribution in [1.29, 1.82) is 0 Å². The first-order valence-electron chi connectivity index (χ1n) is 9.27. The molecule has 2 N–H and O–H groups in total. The molecule has 3 aliphatic carbocycles. The van der Waals surface area contributed by atoms with Gasteiger partial charge < -0.3 is 19.4 Å². The zero-order valence-electron chi connectivity index (χ0n) is 16.2. The van der Waals surface area contributed by atoms with Gasteiger partial charge in [0.05, 0.1) is 19.3 Å². The number of aliphatic hydroxyl groups excluding tert-OH is 1. The number of hydrogen-bond donors (Lipinski definition) is 2. The van der Waals surface area contributed by atoms with Gasteiger partial charge in [-0.05, 0) is 42.3 Å². The standard InChI is InChI=1S/C19H32O5Si/c1-18(2,3)25(5,6)24-13-10-19(22,17(21)23-4)16(20)15-12-8-7-11(9-12)14(13)15/h7-8,11-16,20,22H,9-10H2,1-6H3/t11-,12+,13+,14+,15+,16+,19+/m1/s1. The molecule has 5 nitrogen and oxygen atoms in total. The Balaban J connectivity index is 1.96. The largest absolute Gasteiger partial charge is 0.467 e. The van der Waals surface area contributed by atoms with Gasteiger partial charge in [0.2, 0.25) is 0 Å². The molecule has 0 radical (unpaired) electrons. The molecule has 2 bridgehead atoms. The lowest BCUT2D eigenvalue weighted by molar-refractivity contribution is -0.205. The van der Waals surface area contributed by atoms with Crippen LogP contribution in [0.3, 0.4) is 0 Å². The van der Waals surface area contributed by atoms with Gasteiger partial charge in [-0.25, -0.2) is 4.79 Å². The molecule has 142 valence electrons. The third-order valence-corrected chi connectivity index (χ3v) is 11.7. The molecule has 0 heterocycles. The number of hydrogen-bond acceptors (Lipinski definition) is 5. The molecular formula is C19H32O5Si. The van der Waals surface area contributed by atoms with Crippen molar-refractivity contribution in [2.75, 3.05) is 7.11 Å². The normalized spacial score (nSPS) is 43.2. The molecule has 25 heavy (non-hydrogen) atoms. The van der Waals surface area contributed by atoms with Gasteiger partial charge in [-0.3, -0.25) is 0 Å². The molecule has 0 aromatic carbocycles. The highest BCUT2D eigenvalue weighted by atomic mass is 28.4. The predicted octanol–water partition coefficient (Wildman–Crippen LogP) is 2.48. The van der Waals surface area contributed by atoms with Crippen molar-refractivity contribution in [2.45, 2.75) is 69.6 Å². The van der Waals surface area contributed by atoms with E-state index < -0.39 is 26.0 Å². The van der Waals surface area contributed by atoms with Crippen molar-refractivity contribution in [2.24, 2.45) is 23.7 Å². The summed E-state index contributed by atoms with van der Waals surface area (Å²) in [5.74, 6) is -0.186. The van der Waals surface area contributed by atoms with Gasteiger partial charge in [-0.2, -0.15) is 0 Å². The fraction of sp³-hybridized carbons (Fsp3) is 0.842. The molecule has 0 saturated heterocycles. The van der Waals surface area contributed by atoms with E-state index in [1.54, 1.807) is 0 Å². The average Bonchev–Trinajstić information content (AvgIpc) is 3.11. The summed E-state index contributed by atoms with van der Waals surface area (Å²) in [4.78, 5) is 12.3. The monoisotopic (exact) mass is 368 g/mol. The second-order valence-electron chi connectivity index (χ2n) is 9.58. The van der Waals surface area contributed by atoms with Gasteiger partial charge in [0.25, 0.3) is 0 Å². The third-order valence-electron chi connectivity index (χ3n) is 7.17. The van der Waals surface area contributed by atoms with E-state index in [0.29, 0.717) is 5.92 Å². The molecule has 0 aromatic rings. The Labute approximate surface area is 151 Å². The molecule has 0 amide bonds. The Morgan fingerprint density at radius 1 is 1.20 bits per heavy atom. The van der Waals surface area contributed by atoms with Crippen LogP contribution in [0.25, 0.3) is 0 Å². The van der Waals surface area contributed by atoms with Crippen molar-refractivity contribution in [3.05, 3.63) is 12.2 Å². The lowest BCUT2D eigenvalue weighted by Gasteiger charge is -2.51. The summed E-state index contributed by atoms with van der Waals surface area (Å²) >= 11 is 0. The fourth-order valence-corrected chi connectivity index (χ4v) is 6.16. The number of carbonyl (C=O) groups is 1. The molecule has 7 atom stereocenters. The maximum Gasteiger partial charge on any atom is 0.340 e. The highest BCUT2D eigenvalue weighted by Crippen LogP contribution is 2.57. The van der Waals surface area contributed by atoms with Gasteiger partial charge in [0.15, 0.2) is 13.9 Å². The predicted molar refractivity (Wildman–Crippen MR) is 97.4 cm³/mol. The van der Waals surface area contributed by atoms with Crippen LogP contribution in [0.1, 0.15) is 33.6 Å². The van der Waals surface area contributed by atoms with E-state index in [9.17, 15) is 15.0 Å². The lowest BCUT2D eigenvalue weighted by atomic mass is 9.64. The van der Waals surface area contributed by atoms with Crippen LogP contribution in [0.2, 0.25) is 18.1 Å². The Bertz CT molecular complexity index is 581. The van der Waals surface area contributed by atoms with Crippen LogP contribution in [-0.4, -0.2) is 49.4 Å². The molecule has 0 aliphatic heterocycles. The minimum absolute atomic E-state index is 0.0371. The first-order valence-corrected chi connectivity index (χ1v) is 12.2. The molecular weight excluding hydrogens is 336 g/mol. The van der Waals surface area contributed by atoms with Crippen LogP contribution in [0.15, 0.2) is 12.2 Å². The SMILES string of the molecule is COC(=O)[C@]1(O)C[C@H](O[Si](C)(C)C(C)(C)C)[C@H]2[C@H]([C@H]3C=C[C@@H]2C3)[C@@H]1O. The average molecular weight is 369 g/mol. The van der Waals surface area contributed by atoms with E-state index in [1.165, 1.54) is 7.11 Å². The second kappa shape index (κ2) is 5.91. The second-order valence-corrected chi connectivity index (χ2v) is 14.3. The highest BCUT2D eigenvalue weighted by Gasteiger charge is 2.64. The van der Waals surface area contributed by atoms with E-state index in [4.69, 9.17) is 9.16 Å². The van der Waals surface area contributed by atoms with Gasteiger partial charge >= 0.3 is 5.97 Å². The molecule has 2 fully saturated rings. The number of fused-ring (bicyclic) bond motifs is 5. The minimum Gasteiger partial charge on any atom is -0.467 e. The maximum absolute atomic E-state index is 12.3. The van der Waals surface area contributed by atoms with Crippen molar-refractivity contribution in [3.63, 3.8) is 0 Å². The van der Waals surface area contributed by atoms with Crippen molar-refractivity contribution < 1.29 is 24.2 Å². The summed E-state index contributed by atoms with van der Waals surface area (Å²) < 4.78 is 11.5. The van der Waals surface area contributed by atoms with Crippen LogP contribution >= 0.6 is 0 Å². The van der Waals surface area contributed by atoms with Crippen LogP contribution in [0, 0.1) is 23.7 Å². The van der Waals surface area contributed by atoms with Gasteiger partial charge in [-0.15, -0.1) is 0 Å². The Morgan fingerprint density at radius 3 is 2.28 bits per heavy atom. The third kappa shape index (κ3) is 2.82. The molecule has 0 aromatic heterocycles. The molecule has 6 heteroatoms. The van der Waals surface area contributed by atoms with E-state index in [0.717, 1.165) is 6.42 Å². The quantitative estimate of drug-likeness (QED) is 0.455. The van der Waals surface area contributed by atoms with Crippen LogP contribution in [0.4, 0.5) is 0 Å². The highest BCUT2D eigenvalue weighted by molar-refractivity contribution is 6.74. The summed E-state index contributed by atoms with van der Waals surface area (Å²) in [5.41, 5.74) is -1.89. The molecule has 3 aliphatic rings. The number of rotatable bonds is 3. The number of carbonyl (C=O) groups excluding carboxylic acids is 1. The fourth-order valence-electron chi connectivity index (χ4n) is 4.80. The van der Waals surface area contributed by atoms with Crippen molar-refractivity contribution in [3.8, 4) is 0 Å². The summed E-state index contributed by atoms with van der Waals surface area (Å²) in [6.07, 6.45) is 4.08. The van der Waals surface area contributed by atoms with E-state index in [-0.39, 0.29) is 35.3 Å². The van der Waals surface area contributed by atoms with E-state index in [1.807, 2.05) is 0 Å². The van der Waals surface area contributed by atoms with Gasteiger partial charge in [0, 0.05) is 12.3 Å². The summed E-state index contributed by atoms with van der Waals surface area (Å²) in [5, 5.41) is 21.9. The zero-order chi connectivity index (χ0) is 18.8. The van der Waals surface area contributed by atoms with Crippen molar-refractivity contribution in [1.82, 2.24) is 0 Å². The summed E-state index contributed by atoms with van der Waals surface area (Å²) in [6, 6.07) is 0. The molecule has 3 rings (SSSR count). The minimum atomic E-state index is -2.08. The van der Waals surface area contributed by atoms with Crippen LogP contribution in [0.5, 0.6) is 0 Å². The number of methoxy groups -OCH3 is 1. The summed E-state index contributed by atoms with van der Waals surface area (Å²) in [7, 11) is -0.825. The van der Waals surface area contributed by atoms with E-state index in [2.05, 4.69) is 46.0 Å². The smallest absolute Gasteiger partial charge is 0.340 e.